The van der Waals surface area contributed by atoms with Crippen molar-refractivity contribution in [3.63, 3.8) is 0 Å². The zero-order valence-corrected chi connectivity index (χ0v) is 24.0. The van der Waals surface area contributed by atoms with Crippen molar-refractivity contribution in [2.75, 3.05) is 5.32 Å². The Bertz CT molecular complexity index is 1740. The van der Waals surface area contributed by atoms with E-state index in [1.807, 2.05) is 91.1 Å². The standard InChI is InChI=1S/C35H34N4O5/c36-28(19-26-21-37-29-14-8-7-13-27(26)29)34(41)38-30-18-16-25(20-32(30)44-22-24-11-5-2-6-12-24)33(40)39-31(35(42)43)17-15-23-9-3-1-4-10-23/h1-14,16,18,20-21,28,31,37H,15,17,19,22,36H2,(H,38,41)(H,39,40)(H,42,43)/t28-,31-/m0/s1. The van der Waals surface area contributed by atoms with Gasteiger partial charge >= 0.3 is 5.97 Å². The number of carbonyl (C=O) groups excluding carboxylic acids is 2. The van der Waals surface area contributed by atoms with E-state index in [1.165, 1.54) is 12.1 Å². The number of anilines is 1. The van der Waals surface area contributed by atoms with Crippen LogP contribution in [-0.2, 0) is 29.0 Å². The quantitative estimate of drug-likeness (QED) is 0.129. The zero-order chi connectivity index (χ0) is 30.9. The predicted octanol–water partition coefficient (Wildman–Crippen LogP) is 5.07. The van der Waals surface area contributed by atoms with Crippen molar-refractivity contribution in [1.82, 2.24) is 10.3 Å². The van der Waals surface area contributed by atoms with Crippen molar-refractivity contribution < 1.29 is 24.2 Å². The molecule has 2 amide bonds. The summed E-state index contributed by atoms with van der Waals surface area (Å²) in [5, 5.41) is 16.2. The number of carboxylic acids is 1. The molecule has 9 heteroatoms. The van der Waals surface area contributed by atoms with Gasteiger partial charge in [-0.2, -0.15) is 0 Å². The molecule has 44 heavy (non-hydrogen) atoms. The van der Waals surface area contributed by atoms with Crippen LogP contribution in [0.1, 0.15) is 33.5 Å². The third kappa shape index (κ3) is 7.70. The van der Waals surface area contributed by atoms with Gasteiger partial charge in [0, 0.05) is 22.7 Å². The molecule has 0 saturated heterocycles. The van der Waals surface area contributed by atoms with Gasteiger partial charge in [-0.25, -0.2) is 4.79 Å². The number of aromatic nitrogens is 1. The van der Waals surface area contributed by atoms with Crippen molar-refractivity contribution in [3.8, 4) is 5.75 Å². The highest BCUT2D eigenvalue weighted by Crippen LogP contribution is 2.28. The predicted molar refractivity (Wildman–Crippen MR) is 169 cm³/mol. The summed E-state index contributed by atoms with van der Waals surface area (Å²) in [6, 6.07) is 29.4. The molecule has 0 bridgehead atoms. The largest absolute Gasteiger partial charge is 0.487 e. The minimum absolute atomic E-state index is 0.186. The molecule has 0 saturated carbocycles. The van der Waals surface area contributed by atoms with E-state index in [0.29, 0.717) is 18.5 Å². The summed E-state index contributed by atoms with van der Waals surface area (Å²) < 4.78 is 6.06. The minimum Gasteiger partial charge on any atom is -0.487 e. The molecule has 1 heterocycles. The van der Waals surface area contributed by atoms with E-state index < -0.39 is 29.9 Å². The van der Waals surface area contributed by atoms with Crippen molar-refractivity contribution in [2.24, 2.45) is 5.73 Å². The van der Waals surface area contributed by atoms with E-state index in [1.54, 1.807) is 6.07 Å². The van der Waals surface area contributed by atoms with Crippen LogP contribution in [0, 0.1) is 0 Å². The lowest BCUT2D eigenvalue weighted by Gasteiger charge is -2.18. The highest BCUT2D eigenvalue weighted by atomic mass is 16.5. The number of ether oxygens (including phenoxy) is 1. The molecular weight excluding hydrogens is 556 g/mol. The van der Waals surface area contributed by atoms with E-state index in [4.69, 9.17) is 10.5 Å². The van der Waals surface area contributed by atoms with Gasteiger partial charge in [-0.05, 0) is 60.2 Å². The molecule has 0 aliphatic rings. The Labute approximate surface area is 255 Å². The number of hydrogen-bond donors (Lipinski definition) is 5. The molecular formula is C35H34N4O5. The second kappa shape index (κ2) is 14.2. The van der Waals surface area contributed by atoms with Crippen molar-refractivity contribution in [3.05, 3.63) is 132 Å². The van der Waals surface area contributed by atoms with Gasteiger partial charge in [-0.3, -0.25) is 9.59 Å². The fourth-order valence-corrected chi connectivity index (χ4v) is 4.93. The lowest BCUT2D eigenvalue weighted by atomic mass is 10.0. The molecule has 224 valence electrons. The lowest BCUT2D eigenvalue weighted by Crippen LogP contribution is -2.41. The Morgan fingerprint density at radius 2 is 1.55 bits per heavy atom. The van der Waals surface area contributed by atoms with Gasteiger partial charge < -0.3 is 31.2 Å². The van der Waals surface area contributed by atoms with Crippen LogP contribution in [0.15, 0.2) is 109 Å². The molecule has 1 aromatic heterocycles. The van der Waals surface area contributed by atoms with E-state index in [2.05, 4.69) is 15.6 Å². The zero-order valence-electron chi connectivity index (χ0n) is 24.0. The first-order valence-electron chi connectivity index (χ1n) is 14.4. The number of nitrogens with two attached hydrogens (primary N) is 1. The molecule has 0 radical (unpaired) electrons. The summed E-state index contributed by atoms with van der Waals surface area (Å²) in [6.45, 7) is 0.186. The Balaban J connectivity index is 1.31. The van der Waals surface area contributed by atoms with Crippen LogP contribution in [0.25, 0.3) is 10.9 Å². The number of aliphatic carboxylic acids is 1. The number of amides is 2. The fourth-order valence-electron chi connectivity index (χ4n) is 4.93. The van der Waals surface area contributed by atoms with Crippen molar-refractivity contribution in [1.29, 1.82) is 0 Å². The first-order chi connectivity index (χ1) is 21.4. The van der Waals surface area contributed by atoms with E-state index >= 15 is 0 Å². The van der Waals surface area contributed by atoms with Crippen LogP contribution >= 0.6 is 0 Å². The molecule has 0 aliphatic heterocycles. The number of aryl methyl sites for hydroxylation is 1. The maximum atomic E-state index is 13.2. The average molecular weight is 591 g/mol. The number of carboxylic acid groups (broad SMARTS) is 1. The summed E-state index contributed by atoms with van der Waals surface area (Å²) in [4.78, 5) is 41.5. The molecule has 9 nitrogen and oxygen atoms in total. The highest BCUT2D eigenvalue weighted by Gasteiger charge is 2.23. The van der Waals surface area contributed by atoms with Crippen molar-refractivity contribution in [2.45, 2.75) is 38.0 Å². The SMILES string of the molecule is N[C@@H](Cc1c[nH]c2ccccc12)C(=O)Nc1ccc(C(=O)N[C@@H](CCc2ccccc2)C(=O)O)cc1OCc1ccccc1. The molecule has 4 aromatic carbocycles. The van der Waals surface area contributed by atoms with Crippen LogP contribution < -0.4 is 21.1 Å². The first-order valence-corrected chi connectivity index (χ1v) is 14.4. The third-order valence-corrected chi connectivity index (χ3v) is 7.36. The van der Waals surface area contributed by atoms with Gasteiger partial charge in [0.2, 0.25) is 5.91 Å². The molecule has 0 aliphatic carbocycles. The van der Waals surface area contributed by atoms with Crippen LogP contribution in [0.3, 0.4) is 0 Å². The van der Waals surface area contributed by atoms with Gasteiger partial charge in [-0.1, -0.05) is 78.9 Å². The topological polar surface area (TPSA) is 147 Å². The van der Waals surface area contributed by atoms with Gasteiger partial charge in [0.25, 0.3) is 5.91 Å². The van der Waals surface area contributed by atoms with Crippen LogP contribution in [0.2, 0.25) is 0 Å². The minimum atomic E-state index is -1.12. The maximum Gasteiger partial charge on any atom is 0.326 e. The fraction of sp³-hybridized carbons (Fsp3) is 0.171. The maximum absolute atomic E-state index is 13.2. The van der Waals surface area contributed by atoms with Gasteiger partial charge in [-0.15, -0.1) is 0 Å². The second-order valence-corrected chi connectivity index (χ2v) is 10.5. The summed E-state index contributed by atoms with van der Waals surface area (Å²) in [7, 11) is 0. The van der Waals surface area contributed by atoms with Gasteiger partial charge in [0.05, 0.1) is 11.7 Å². The monoisotopic (exact) mass is 590 g/mol. The summed E-state index contributed by atoms with van der Waals surface area (Å²) in [5.41, 5.74) is 10.6. The Hall–Kier alpha value is -5.41. The second-order valence-electron chi connectivity index (χ2n) is 10.5. The number of benzene rings is 4. The number of carbonyl (C=O) groups is 3. The van der Waals surface area contributed by atoms with E-state index in [9.17, 15) is 19.5 Å². The van der Waals surface area contributed by atoms with Crippen molar-refractivity contribution >= 4 is 34.4 Å². The smallest absolute Gasteiger partial charge is 0.326 e. The van der Waals surface area contributed by atoms with Crippen LogP contribution in [0.4, 0.5) is 5.69 Å². The van der Waals surface area contributed by atoms with E-state index in [-0.39, 0.29) is 24.3 Å². The molecule has 2 atom stereocenters. The molecule has 5 aromatic rings. The Morgan fingerprint density at radius 1 is 0.864 bits per heavy atom. The van der Waals surface area contributed by atoms with Crippen LogP contribution in [-0.4, -0.2) is 40.0 Å². The molecule has 5 rings (SSSR count). The number of rotatable bonds is 13. The van der Waals surface area contributed by atoms with Gasteiger partial charge in [0.1, 0.15) is 18.4 Å². The number of hydrogen-bond acceptors (Lipinski definition) is 5. The van der Waals surface area contributed by atoms with Gasteiger partial charge in [0.15, 0.2) is 0 Å². The van der Waals surface area contributed by atoms with Crippen LogP contribution in [0.5, 0.6) is 5.75 Å². The third-order valence-electron chi connectivity index (χ3n) is 7.36. The number of nitrogens with one attached hydrogen (secondary N) is 3. The lowest BCUT2D eigenvalue weighted by molar-refractivity contribution is -0.139. The summed E-state index contributed by atoms with van der Waals surface area (Å²) in [5.74, 6) is -1.85. The highest BCUT2D eigenvalue weighted by molar-refractivity contribution is 6.00. The first kappa shape index (κ1) is 30.1. The molecule has 6 N–H and O–H groups in total. The summed E-state index contributed by atoms with van der Waals surface area (Å²) in [6.07, 6.45) is 2.89. The average Bonchev–Trinajstić information content (AvgIpc) is 3.45. The molecule has 0 spiro atoms. The molecule has 0 fully saturated rings. The number of aromatic amines is 1. The number of H-pyrrole nitrogens is 1. The molecule has 0 unspecified atom stereocenters. The Morgan fingerprint density at radius 3 is 2.27 bits per heavy atom. The number of fused-ring (bicyclic) bond motifs is 1. The van der Waals surface area contributed by atoms with E-state index in [0.717, 1.165) is 27.6 Å². The normalized spacial score (nSPS) is 12.3. The Kier molecular flexibility index (Phi) is 9.68. The number of para-hydroxylation sites is 1. The summed E-state index contributed by atoms with van der Waals surface area (Å²) >= 11 is 0.